The fraction of sp³-hybridized carbons (Fsp3) is 0.400. The highest BCUT2D eigenvalue weighted by Gasteiger charge is 2.20. The molecule has 3 aromatic rings. The van der Waals surface area contributed by atoms with E-state index in [4.69, 9.17) is 0 Å². The highest BCUT2D eigenvalue weighted by atomic mass is 19.1. The Kier molecular flexibility index (Phi) is 7.08. The molecule has 0 N–H and O–H groups in total. The molecule has 0 unspecified atom stereocenters. The summed E-state index contributed by atoms with van der Waals surface area (Å²) >= 11 is 0. The summed E-state index contributed by atoms with van der Waals surface area (Å²) in [5, 5.41) is 1.65. The van der Waals surface area contributed by atoms with Gasteiger partial charge in [-0.2, -0.15) is 0 Å². The average Bonchev–Trinajstić information content (AvgIpc) is 2.80. The van der Waals surface area contributed by atoms with E-state index in [9.17, 15) is 0 Å². The quantitative estimate of drug-likeness (QED) is 0.291. The zero-order valence-corrected chi connectivity index (χ0v) is 18.9. The lowest BCUT2D eigenvalue weighted by Gasteiger charge is -2.26. The van der Waals surface area contributed by atoms with Crippen LogP contribution in [0.1, 0.15) is 87.0 Å². The summed E-state index contributed by atoms with van der Waals surface area (Å²) in [4.78, 5) is 0. The lowest BCUT2D eigenvalue weighted by Crippen LogP contribution is -2.10. The maximum Gasteiger partial charge on any atom is 0.146 e. The average molecular weight is 413 g/mol. The molecule has 1 aliphatic carbocycles. The van der Waals surface area contributed by atoms with Crippen LogP contribution in [0.4, 0.5) is 4.39 Å². The lowest BCUT2D eigenvalue weighted by molar-refractivity contribution is 0.348. The standard InChI is InChI=1S/C30H33F/c1-3-4-5-6-23-9-11-24(12-10-23)13-16-26-17-18-28-21-27(19-20-29(28)30(26)31)25-14-7-22(2)8-15-25/h9-12,17-22,25H,3-8,14-15H2,1-2H3. The first-order valence-electron chi connectivity index (χ1n) is 12.0. The summed E-state index contributed by atoms with van der Waals surface area (Å²) in [5.74, 6) is 7.44. The van der Waals surface area contributed by atoms with Gasteiger partial charge in [-0.15, -0.1) is 0 Å². The van der Waals surface area contributed by atoms with E-state index in [1.807, 2.05) is 30.3 Å². The molecule has 0 bridgehead atoms. The fourth-order valence-electron chi connectivity index (χ4n) is 4.73. The van der Waals surface area contributed by atoms with Crippen LogP contribution in [0.3, 0.4) is 0 Å². The Hall–Kier alpha value is -2.59. The van der Waals surface area contributed by atoms with Crippen molar-refractivity contribution < 1.29 is 4.39 Å². The van der Waals surface area contributed by atoms with Crippen molar-refractivity contribution in [2.24, 2.45) is 5.92 Å². The Morgan fingerprint density at radius 3 is 2.39 bits per heavy atom. The van der Waals surface area contributed by atoms with Gasteiger partial charge in [-0.3, -0.25) is 0 Å². The number of halogens is 1. The molecule has 0 heterocycles. The Balaban J connectivity index is 1.50. The second-order valence-corrected chi connectivity index (χ2v) is 9.27. The monoisotopic (exact) mass is 412 g/mol. The summed E-state index contributed by atoms with van der Waals surface area (Å²) in [5.41, 5.74) is 4.11. The Labute approximate surface area is 186 Å². The van der Waals surface area contributed by atoms with Gasteiger partial charge >= 0.3 is 0 Å². The number of benzene rings is 3. The third kappa shape index (κ3) is 5.37. The van der Waals surface area contributed by atoms with Gasteiger partial charge in [0.15, 0.2) is 0 Å². The minimum absolute atomic E-state index is 0.204. The number of hydrogen-bond donors (Lipinski definition) is 0. The van der Waals surface area contributed by atoms with Crippen LogP contribution in [-0.2, 0) is 6.42 Å². The molecule has 0 aliphatic heterocycles. The van der Waals surface area contributed by atoms with Gasteiger partial charge in [-0.05, 0) is 72.2 Å². The minimum atomic E-state index is -0.204. The molecule has 0 amide bonds. The maximum atomic E-state index is 15.1. The van der Waals surface area contributed by atoms with Crippen LogP contribution in [0.25, 0.3) is 10.8 Å². The molecule has 1 fully saturated rings. The molecule has 0 spiro atoms. The van der Waals surface area contributed by atoms with Crippen LogP contribution in [0.5, 0.6) is 0 Å². The van der Waals surface area contributed by atoms with Gasteiger partial charge in [0, 0.05) is 10.9 Å². The van der Waals surface area contributed by atoms with Crippen LogP contribution < -0.4 is 0 Å². The van der Waals surface area contributed by atoms with E-state index in [1.54, 1.807) is 0 Å². The van der Waals surface area contributed by atoms with Gasteiger partial charge in [0.05, 0.1) is 5.56 Å². The SMILES string of the molecule is CCCCCc1ccc(C#Cc2ccc3cc(C4CCC(C)CC4)ccc3c2F)cc1. The predicted octanol–water partition coefficient (Wildman–Crippen LogP) is 8.41. The Morgan fingerprint density at radius 1 is 0.871 bits per heavy atom. The van der Waals surface area contributed by atoms with Gasteiger partial charge < -0.3 is 0 Å². The highest BCUT2D eigenvalue weighted by molar-refractivity contribution is 5.85. The smallest absolute Gasteiger partial charge is 0.146 e. The van der Waals surface area contributed by atoms with Crippen molar-refractivity contribution >= 4 is 10.8 Å². The van der Waals surface area contributed by atoms with Crippen molar-refractivity contribution in [3.05, 3.63) is 82.7 Å². The molecule has 1 saturated carbocycles. The van der Waals surface area contributed by atoms with E-state index in [2.05, 4.69) is 50.0 Å². The summed E-state index contributed by atoms with van der Waals surface area (Å²) < 4.78 is 15.1. The van der Waals surface area contributed by atoms with E-state index in [-0.39, 0.29) is 5.82 Å². The van der Waals surface area contributed by atoms with Crippen molar-refractivity contribution in [3.8, 4) is 11.8 Å². The largest absolute Gasteiger partial charge is 0.205 e. The Morgan fingerprint density at radius 2 is 1.65 bits per heavy atom. The van der Waals surface area contributed by atoms with E-state index in [0.717, 1.165) is 23.3 Å². The van der Waals surface area contributed by atoms with E-state index >= 15 is 4.39 Å². The molecule has 0 radical (unpaired) electrons. The topological polar surface area (TPSA) is 0 Å². The molecule has 4 rings (SSSR count). The van der Waals surface area contributed by atoms with Gasteiger partial charge in [-0.25, -0.2) is 4.39 Å². The van der Waals surface area contributed by atoms with Crippen molar-refractivity contribution in [2.75, 3.05) is 0 Å². The van der Waals surface area contributed by atoms with Crippen molar-refractivity contribution in [2.45, 2.75) is 71.1 Å². The first kappa shape index (κ1) is 21.6. The molecule has 1 aliphatic rings. The van der Waals surface area contributed by atoms with Crippen molar-refractivity contribution in [1.82, 2.24) is 0 Å². The lowest BCUT2D eigenvalue weighted by atomic mass is 9.79. The van der Waals surface area contributed by atoms with Crippen LogP contribution >= 0.6 is 0 Å². The summed E-state index contributed by atoms with van der Waals surface area (Å²) in [7, 11) is 0. The number of hydrogen-bond acceptors (Lipinski definition) is 0. The molecule has 0 atom stereocenters. The summed E-state index contributed by atoms with van der Waals surface area (Å²) in [6, 6.07) is 18.5. The van der Waals surface area contributed by atoms with Gasteiger partial charge in [0.25, 0.3) is 0 Å². The molecule has 31 heavy (non-hydrogen) atoms. The molecule has 3 aromatic carbocycles. The molecular formula is C30H33F. The first-order valence-corrected chi connectivity index (χ1v) is 12.0. The van der Waals surface area contributed by atoms with Crippen LogP contribution in [0.2, 0.25) is 0 Å². The first-order chi connectivity index (χ1) is 15.1. The van der Waals surface area contributed by atoms with Crippen molar-refractivity contribution in [3.63, 3.8) is 0 Å². The minimum Gasteiger partial charge on any atom is -0.205 e. The van der Waals surface area contributed by atoms with E-state index in [1.165, 1.54) is 56.1 Å². The molecule has 0 nitrogen and oxygen atoms in total. The molecule has 1 heteroatoms. The molecule has 0 saturated heterocycles. The highest BCUT2D eigenvalue weighted by Crippen LogP contribution is 2.36. The number of unbranched alkanes of at least 4 members (excludes halogenated alkanes) is 2. The van der Waals surface area contributed by atoms with E-state index < -0.39 is 0 Å². The van der Waals surface area contributed by atoms with Crippen molar-refractivity contribution in [1.29, 1.82) is 0 Å². The molecular weight excluding hydrogens is 379 g/mol. The maximum absolute atomic E-state index is 15.1. The fourth-order valence-corrected chi connectivity index (χ4v) is 4.73. The predicted molar refractivity (Wildman–Crippen MR) is 130 cm³/mol. The van der Waals surface area contributed by atoms with Crippen LogP contribution in [-0.4, -0.2) is 0 Å². The molecule has 0 aromatic heterocycles. The number of aryl methyl sites for hydroxylation is 1. The second kappa shape index (κ2) is 10.1. The summed E-state index contributed by atoms with van der Waals surface area (Å²) in [6.07, 6.45) is 9.93. The zero-order chi connectivity index (χ0) is 21.6. The zero-order valence-electron chi connectivity index (χ0n) is 18.9. The molecule has 160 valence electrons. The van der Waals surface area contributed by atoms with Gasteiger partial charge in [0.2, 0.25) is 0 Å². The van der Waals surface area contributed by atoms with Crippen LogP contribution in [0, 0.1) is 23.6 Å². The number of fused-ring (bicyclic) bond motifs is 1. The van der Waals surface area contributed by atoms with E-state index in [0.29, 0.717) is 16.9 Å². The van der Waals surface area contributed by atoms with Gasteiger partial charge in [-0.1, -0.05) is 87.8 Å². The third-order valence-corrected chi connectivity index (χ3v) is 6.83. The Bertz CT molecular complexity index is 1070. The van der Waals surface area contributed by atoms with Crippen LogP contribution in [0.15, 0.2) is 54.6 Å². The third-order valence-electron chi connectivity index (χ3n) is 6.83. The normalized spacial score (nSPS) is 18.5. The summed E-state index contributed by atoms with van der Waals surface area (Å²) in [6.45, 7) is 4.57. The van der Waals surface area contributed by atoms with Gasteiger partial charge in [0.1, 0.15) is 5.82 Å². The second-order valence-electron chi connectivity index (χ2n) is 9.27. The number of rotatable bonds is 5.